The molecule has 2 nitrogen and oxygen atoms in total. The Kier molecular flexibility index (Phi) is 0.815. The van der Waals surface area contributed by atoms with E-state index in [1.807, 2.05) is 6.20 Å². The molecule has 2 rings (SSSR count). The molecule has 1 saturated heterocycles. The first-order valence-electron chi connectivity index (χ1n) is 2.99. The lowest BCUT2D eigenvalue weighted by atomic mass is 10.1. The van der Waals surface area contributed by atoms with Crippen molar-refractivity contribution in [1.29, 1.82) is 0 Å². The van der Waals surface area contributed by atoms with E-state index >= 15 is 0 Å². The van der Waals surface area contributed by atoms with Crippen molar-refractivity contribution in [3.8, 4) is 0 Å². The maximum absolute atomic E-state index is 5.30. The van der Waals surface area contributed by atoms with Crippen LogP contribution in [0.15, 0.2) is 12.3 Å². The molecule has 44 valence electrons. The van der Waals surface area contributed by atoms with Crippen molar-refractivity contribution < 1.29 is 4.74 Å². The lowest BCUT2D eigenvalue weighted by Crippen LogP contribution is -2.24. The fourth-order valence-electron chi connectivity index (χ4n) is 1.20. The highest BCUT2D eigenvalue weighted by molar-refractivity contribution is 4.97. The van der Waals surface area contributed by atoms with Gasteiger partial charge in [-0.25, -0.2) is 0 Å². The SMILES string of the molecule is C1=CC2COC(C2)N1. The Labute approximate surface area is 48.5 Å². The highest BCUT2D eigenvalue weighted by Gasteiger charge is 2.24. The largest absolute Gasteiger partial charge is 0.366 e. The molecule has 0 aromatic rings. The van der Waals surface area contributed by atoms with Crippen LogP contribution < -0.4 is 5.32 Å². The van der Waals surface area contributed by atoms with Crippen LogP contribution in [0.4, 0.5) is 0 Å². The van der Waals surface area contributed by atoms with Crippen LogP contribution in [0.1, 0.15) is 6.42 Å². The molecule has 2 heterocycles. The third-order valence-corrected chi connectivity index (χ3v) is 1.68. The molecule has 1 fully saturated rings. The van der Waals surface area contributed by atoms with Crippen molar-refractivity contribution in [1.82, 2.24) is 5.32 Å². The zero-order valence-corrected chi connectivity index (χ0v) is 4.63. The van der Waals surface area contributed by atoms with E-state index in [-0.39, 0.29) is 0 Å². The van der Waals surface area contributed by atoms with Gasteiger partial charge < -0.3 is 10.1 Å². The smallest absolute Gasteiger partial charge is 0.127 e. The van der Waals surface area contributed by atoms with Gasteiger partial charge in [-0.15, -0.1) is 0 Å². The topological polar surface area (TPSA) is 21.3 Å². The molecule has 0 amide bonds. The Morgan fingerprint density at radius 3 is 3.38 bits per heavy atom. The summed E-state index contributed by atoms with van der Waals surface area (Å²) in [7, 11) is 0. The molecule has 0 radical (unpaired) electrons. The molecular formula is C6H9NO. The average Bonchev–Trinajstić information content (AvgIpc) is 2.12. The molecule has 0 aromatic carbocycles. The number of rotatable bonds is 0. The normalized spacial score (nSPS) is 42.0. The minimum Gasteiger partial charge on any atom is -0.366 e. The van der Waals surface area contributed by atoms with E-state index in [1.54, 1.807) is 0 Å². The van der Waals surface area contributed by atoms with Crippen molar-refractivity contribution in [2.24, 2.45) is 5.92 Å². The number of hydrogen-bond donors (Lipinski definition) is 1. The molecule has 1 N–H and O–H groups in total. The summed E-state index contributed by atoms with van der Waals surface area (Å²) in [6.45, 7) is 0.911. The quantitative estimate of drug-likeness (QED) is 0.490. The van der Waals surface area contributed by atoms with Gasteiger partial charge in [0, 0.05) is 12.3 Å². The minimum atomic E-state index is 0.324. The summed E-state index contributed by atoms with van der Waals surface area (Å²) in [4.78, 5) is 0. The average molecular weight is 111 g/mol. The van der Waals surface area contributed by atoms with Crippen molar-refractivity contribution in [2.45, 2.75) is 12.6 Å². The summed E-state index contributed by atoms with van der Waals surface area (Å²) < 4.78 is 5.30. The van der Waals surface area contributed by atoms with E-state index in [0.717, 1.165) is 13.0 Å². The van der Waals surface area contributed by atoms with Gasteiger partial charge in [0.15, 0.2) is 0 Å². The predicted molar refractivity (Wildman–Crippen MR) is 30.1 cm³/mol. The monoisotopic (exact) mass is 111 g/mol. The number of ether oxygens (including phenoxy) is 1. The lowest BCUT2D eigenvalue weighted by molar-refractivity contribution is 0.0960. The second-order valence-corrected chi connectivity index (χ2v) is 2.34. The molecule has 2 aliphatic heterocycles. The van der Waals surface area contributed by atoms with Gasteiger partial charge in [0.2, 0.25) is 0 Å². The first-order chi connectivity index (χ1) is 3.95. The standard InChI is InChI=1S/C6H9NO/c1-2-7-6-3-5(1)4-8-6/h1-2,5-7H,3-4H2. The van der Waals surface area contributed by atoms with E-state index in [2.05, 4.69) is 11.4 Å². The molecular weight excluding hydrogens is 102 g/mol. The highest BCUT2D eigenvalue weighted by Crippen LogP contribution is 2.21. The Bertz CT molecular complexity index is 122. The van der Waals surface area contributed by atoms with Crippen LogP contribution in [0.5, 0.6) is 0 Å². The van der Waals surface area contributed by atoms with Gasteiger partial charge in [0.05, 0.1) is 6.61 Å². The Balaban J connectivity index is 2.17. The summed E-state index contributed by atoms with van der Waals surface area (Å²) in [6, 6.07) is 0. The lowest BCUT2D eigenvalue weighted by Gasteiger charge is -2.11. The Morgan fingerprint density at radius 1 is 1.62 bits per heavy atom. The summed E-state index contributed by atoms with van der Waals surface area (Å²) in [6.07, 6.45) is 5.65. The van der Waals surface area contributed by atoms with Crippen LogP contribution in [-0.4, -0.2) is 12.8 Å². The van der Waals surface area contributed by atoms with Gasteiger partial charge in [-0.2, -0.15) is 0 Å². The number of nitrogens with one attached hydrogen (secondary N) is 1. The summed E-state index contributed by atoms with van der Waals surface area (Å²) >= 11 is 0. The van der Waals surface area contributed by atoms with Crippen molar-refractivity contribution in [3.63, 3.8) is 0 Å². The minimum absolute atomic E-state index is 0.324. The molecule has 0 aliphatic carbocycles. The number of fused-ring (bicyclic) bond motifs is 2. The molecule has 8 heavy (non-hydrogen) atoms. The van der Waals surface area contributed by atoms with Gasteiger partial charge >= 0.3 is 0 Å². The summed E-state index contributed by atoms with van der Waals surface area (Å²) in [5.74, 6) is 0.696. The predicted octanol–water partition coefficient (Wildman–Crippen LogP) is 0.466. The van der Waals surface area contributed by atoms with Crippen molar-refractivity contribution >= 4 is 0 Å². The van der Waals surface area contributed by atoms with Crippen LogP contribution in [0.25, 0.3) is 0 Å². The first kappa shape index (κ1) is 4.39. The van der Waals surface area contributed by atoms with Gasteiger partial charge in [-0.3, -0.25) is 0 Å². The maximum atomic E-state index is 5.30. The second kappa shape index (κ2) is 1.49. The molecule has 0 saturated carbocycles. The van der Waals surface area contributed by atoms with E-state index in [4.69, 9.17) is 4.74 Å². The molecule has 0 spiro atoms. The fourth-order valence-corrected chi connectivity index (χ4v) is 1.20. The molecule has 2 aliphatic rings. The van der Waals surface area contributed by atoms with Gasteiger partial charge in [0.25, 0.3) is 0 Å². The van der Waals surface area contributed by atoms with E-state index in [0.29, 0.717) is 12.1 Å². The molecule has 2 atom stereocenters. The van der Waals surface area contributed by atoms with Gasteiger partial charge in [0.1, 0.15) is 6.23 Å². The Morgan fingerprint density at radius 2 is 2.62 bits per heavy atom. The zero-order chi connectivity index (χ0) is 5.40. The van der Waals surface area contributed by atoms with Gasteiger partial charge in [-0.05, 0) is 6.20 Å². The zero-order valence-electron chi connectivity index (χ0n) is 4.63. The molecule has 0 aromatic heterocycles. The van der Waals surface area contributed by atoms with Crippen molar-refractivity contribution in [2.75, 3.05) is 6.61 Å². The van der Waals surface area contributed by atoms with Gasteiger partial charge in [-0.1, -0.05) is 6.08 Å². The number of hydrogen-bond acceptors (Lipinski definition) is 2. The van der Waals surface area contributed by atoms with E-state index < -0.39 is 0 Å². The Hall–Kier alpha value is -0.500. The first-order valence-corrected chi connectivity index (χ1v) is 2.99. The van der Waals surface area contributed by atoms with Crippen molar-refractivity contribution in [3.05, 3.63) is 12.3 Å². The summed E-state index contributed by atoms with van der Waals surface area (Å²) in [5, 5.41) is 3.11. The van der Waals surface area contributed by atoms with E-state index in [1.165, 1.54) is 0 Å². The third kappa shape index (κ3) is 0.530. The van der Waals surface area contributed by atoms with Crippen LogP contribution in [0.3, 0.4) is 0 Å². The van der Waals surface area contributed by atoms with E-state index in [9.17, 15) is 0 Å². The van der Waals surface area contributed by atoms with Crippen LogP contribution in [-0.2, 0) is 4.74 Å². The fraction of sp³-hybridized carbons (Fsp3) is 0.667. The molecule has 2 heteroatoms. The van der Waals surface area contributed by atoms with Crippen LogP contribution in [0, 0.1) is 5.92 Å². The third-order valence-electron chi connectivity index (χ3n) is 1.68. The highest BCUT2D eigenvalue weighted by atomic mass is 16.5. The maximum Gasteiger partial charge on any atom is 0.127 e. The molecule has 2 unspecified atom stereocenters. The molecule has 2 bridgehead atoms. The summed E-state index contributed by atoms with van der Waals surface area (Å²) in [5.41, 5.74) is 0. The second-order valence-electron chi connectivity index (χ2n) is 2.34. The van der Waals surface area contributed by atoms with Crippen LogP contribution >= 0.6 is 0 Å². The van der Waals surface area contributed by atoms with Crippen LogP contribution in [0.2, 0.25) is 0 Å².